The Balaban J connectivity index is 1.98. The van der Waals surface area contributed by atoms with Crippen molar-refractivity contribution in [3.63, 3.8) is 0 Å². The van der Waals surface area contributed by atoms with Crippen LogP contribution in [0.2, 0.25) is 0 Å². The molecule has 1 aliphatic carbocycles. The number of anilines is 1. The van der Waals surface area contributed by atoms with Gasteiger partial charge in [0.25, 0.3) is 5.91 Å². The third kappa shape index (κ3) is 2.18. The molecule has 0 spiro atoms. The number of rotatable bonds is 1. The number of hydrogen-bond donors (Lipinski definition) is 0. The van der Waals surface area contributed by atoms with Gasteiger partial charge in [-0.05, 0) is 50.3 Å². The molecule has 3 heteroatoms. The molecule has 1 fully saturated rings. The largest absolute Gasteiger partial charge is 0.272 e. The van der Waals surface area contributed by atoms with Crippen molar-refractivity contribution in [2.24, 2.45) is 11.0 Å². The number of aryl methyl sites for hydroxylation is 2. The van der Waals surface area contributed by atoms with E-state index in [1.807, 2.05) is 6.92 Å². The van der Waals surface area contributed by atoms with Crippen LogP contribution in [0.25, 0.3) is 0 Å². The molecule has 1 unspecified atom stereocenters. The normalized spacial score (nSPS) is 23.1. The van der Waals surface area contributed by atoms with E-state index < -0.39 is 0 Å². The van der Waals surface area contributed by atoms with Crippen molar-refractivity contribution in [3.8, 4) is 0 Å². The molecule has 0 aromatic heterocycles. The summed E-state index contributed by atoms with van der Waals surface area (Å²) >= 11 is 0. The highest BCUT2D eigenvalue weighted by Crippen LogP contribution is 2.33. The lowest BCUT2D eigenvalue weighted by molar-refractivity contribution is -0.119. The molecule has 0 N–H and O–H groups in total. The van der Waals surface area contributed by atoms with Crippen LogP contribution in [-0.4, -0.2) is 11.6 Å². The van der Waals surface area contributed by atoms with Crippen LogP contribution >= 0.6 is 0 Å². The zero-order valence-electron chi connectivity index (χ0n) is 11.6. The molecule has 1 heterocycles. The number of amides is 1. The van der Waals surface area contributed by atoms with E-state index in [1.165, 1.54) is 18.4 Å². The highest BCUT2D eigenvalue weighted by molar-refractivity contribution is 6.15. The van der Waals surface area contributed by atoms with Crippen LogP contribution in [0.1, 0.15) is 43.2 Å². The van der Waals surface area contributed by atoms with E-state index in [2.05, 4.69) is 30.2 Å². The average molecular weight is 256 g/mol. The molecular formula is C16H20N2O. The van der Waals surface area contributed by atoms with Crippen LogP contribution in [-0.2, 0) is 4.79 Å². The van der Waals surface area contributed by atoms with Gasteiger partial charge in [-0.15, -0.1) is 0 Å². The van der Waals surface area contributed by atoms with Crippen LogP contribution in [0.15, 0.2) is 23.3 Å². The fourth-order valence-corrected chi connectivity index (χ4v) is 3.00. The third-order valence-corrected chi connectivity index (χ3v) is 4.16. The summed E-state index contributed by atoms with van der Waals surface area (Å²) in [6.07, 6.45) is 5.50. The average Bonchev–Trinajstić information content (AvgIpc) is 2.59. The molecule has 1 aromatic carbocycles. The lowest BCUT2D eigenvalue weighted by Crippen LogP contribution is -2.27. The van der Waals surface area contributed by atoms with E-state index in [9.17, 15) is 4.79 Å². The first-order valence-electron chi connectivity index (χ1n) is 7.15. The molecule has 19 heavy (non-hydrogen) atoms. The van der Waals surface area contributed by atoms with Gasteiger partial charge in [0, 0.05) is 0 Å². The molecule has 1 aliphatic heterocycles. The van der Waals surface area contributed by atoms with Gasteiger partial charge in [-0.1, -0.05) is 25.0 Å². The Morgan fingerprint density at radius 1 is 1.21 bits per heavy atom. The summed E-state index contributed by atoms with van der Waals surface area (Å²) in [6, 6.07) is 6.19. The van der Waals surface area contributed by atoms with Crippen molar-refractivity contribution >= 4 is 17.3 Å². The summed E-state index contributed by atoms with van der Waals surface area (Å²) in [7, 11) is 0. The number of fused-ring (bicyclic) bond motifs is 1. The lowest BCUT2D eigenvalue weighted by Gasteiger charge is -2.17. The summed E-state index contributed by atoms with van der Waals surface area (Å²) in [5, 5.41) is 6.27. The van der Waals surface area contributed by atoms with Crippen molar-refractivity contribution < 1.29 is 4.79 Å². The Morgan fingerprint density at radius 3 is 2.89 bits per heavy atom. The van der Waals surface area contributed by atoms with E-state index in [-0.39, 0.29) is 11.8 Å². The smallest absolute Gasteiger partial charge is 0.256 e. The summed E-state index contributed by atoms with van der Waals surface area (Å²) < 4.78 is 0. The third-order valence-electron chi connectivity index (χ3n) is 4.16. The van der Waals surface area contributed by atoms with Crippen molar-refractivity contribution in [1.82, 2.24) is 0 Å². The first-order chi connectivity index (χ1) is 9.16. The van der Waals surface area contributed by atoms with Crippen molar-refractivity contribution in [2.75, 3.05) is 5.01 Å². The van der Waals surface area contributed by atoms with Crippen LogP contribution < -0.4 is 5.01 Å². The van der Waals surface area contributed by atoms with Crippen LogP contribution in [0.4, 0.5) is 5.69 Å². The second kappa shape index (κ2) is 4.80. The molecule has 3 rings (SSSR count). The summed E-state index contributed by atoms with van der Waals surface area (Å²) in [5.41, 5.74) is 4.33. The minimum atomic E-state index is 0.0439. The molecular weight excluding hydrogens is 236 g/mol. The van der Waals surface area contributed by atoms with Crippen LogP contribution in [0, 0.1) is 19.8 Å². The van der Waals surface area contributed by atoms with E-state index in [0.717, 1.165) is 36.2 Å². The van der Waals surface area contributed by atoms with Crippen LogP contribution in [0.3, 0.4) is 0 Å². The monoisotopic (exact) mass is 256 g/mol. The van der Waals surface area contributed by atoms with Gasteiger partial charge < -0.3 is 0 Å². The number of nitrogens with zero attached hydrogens (tertiary/aromatic N) is 2. The highest BCUT2D eigenvalue weighted by atomic mass is 16.2. The highest BCUT2D eigenvalue weighted by Gasteiger charge is 2.37. The fourth-order valence-electron chi connectivity index (χ4n) is 3.00. The van der Waals surface area contributed by atoms with E-state index in [1.54, 1.807) is 5.01 Å². The zero-order chi connectivity index (χ0) is 13.4. The molecule has 100 valence electrons. The quantitative estimate of drug-likeness (QED) is 0.755. The number of hydrazone groups is 1. The van der Waals surface area contributed by atoms with Gasteiger partial charge in [0.15, 0.2) is 0 Å². The molecule has 1 aromatic rings. The summed E-state index contributed by atoms with van der Waals surface area (Å²) in [6.45, 7) is 4.09. The molecule has 3 nitrogen and oxygen atoms in total. The van der Waals surface area contributed by atoms with E-state index >= 15 is 0 Å². The lowest BCUT2D eigenvalue weighted by atomic mass is 9.98. The minimum Gasteiger partial charge on any atom is -0.272 e. The number of benzene rings is 1. The van der Waals surface area contributed by atoms with Gasteiger partial charge in [0.2, 0.25) is 0 Å². The first kappa shape index (κ1) is 12.4. The first-order valence-corrected chi connectivity index (χ1v) is 7.15. The maximum atomic E-state index is 12.6. The summed E-state index contributed by atoms with van der Waals surface area (Å²) in [5.74, 6) is 0.216. The molecule has 2 aliphatic rings. The molecule has 1 amide bonds. The maximum absolute atomic E-state index is 12.6. The van der Waals surface area contributed by atoms with Gasteiger partial charge in [-0.25, -0.2) is 0 Å². The van der Waals surface area contributed by atoms with E-state index in [4.69, 9.17) is 0 Å². The van der Waals surface area contributed by atoms with Crippen LogP contribution in [0.5, 0.6) is 0 Å². The molecule has 0 radical (unpaired) electrons. The summed E-state index contributed by atoms with van der Waals surface area (Å²) in [4.78, 5) is 12.6. The standard InChI is InChI=1S/C16H20N2O/c1-11-8-9-12(2)15(10-11)18-16(19)13-6-4-3-5-7-14(13)17-18/h8-10,13H,3-7H2,1-2H3. The Hall–Kier alpha value is -1.64. The molecule has 0 saturated heterocycles. The van der Waals surface area contributed by atoms with Crippen molar-refractivity contribution in [2.45, 2.75) is 46.0 Å². The van der Waals surface area contributed by atoms with E-state index in [0.29, 0.717) is 0 Å². The van der Waals surface area contributed by atoms with Gasteiger partial charge in [-0.3, -0.25) is 4.79 Å². The second-order valence-corrected chi connectivity index (χ2v) is 5.68. The number of carbonyl (C=O) groups is 1. The SMILES string of the molecule is Cc1ccc(C)c(N2N=C3CCCCCC3C2=O)c1. The Bertz CT molecular complexity index is 548. The zero-order valence-corrected chi connectivity index (χ0v) is 11.6. The Kier molecular flexibility index (Phi) is 3.13. The molecule has 1 atom stereocenters. The van der Waals surface area contributed by atoms with Gasteiger partial charge in [0.1, 0.15) is 0 Å². The van der Waals surface area contributed by atoms with Gasteiger partial charge in [-0.2, -0.15) is 10.1 Å². The number of hydrogen-bond acceptors (Lipinski definition) is 2. The number of carbonyl (C=O) groups excluding carboxylic acids is 1. The predicted octanol–water partition coefficient (Wildman–Crippen LogP) is 3.59. The maximum Gasteiger partial charge on any atom is 0.256 e. The van der Waals surface area contributed by atoms with Gasteiger partial charge >= 0.3 is 0 Å². The second-order valence-electron chi connectivity index (χ2n) is 5.68. The Labute approximate surface area is 114 Å². The predicted molar refractivity (Wildman–Crippen MR) is 77.4 cm³/mol. The van der Waals surface area contributed by atoms with Crippen molar-refractivity contribution in [1.29, 1.82) is 0 Å². The van der Waals surface area contributed by atoms with Crippen molar-refractivity contribution in [3.05, 3.63) is 29.3 Å². The minimum absolute atomic E-state index is 0.0439. The van der Waals surface area contributed by atoms with Gasteiger partial charge in [0.05, 0.1) is 17.3 Å². The Morgan fingerprint density at radius 2 is 2.05 bits per heavy atom. The molecule has 0 bridgehead atoms. The topological polar surface area (TPSA) is 32.7 Å². The fraction of sp³-hybridized carbons (Fsp3) is 0.500. The molecule has 1 saturated carbocycles.